The average molecular weight is 295 g/mol. The van der Waals surface area contributed by atoms with Crippen molar-refractivity contribution in [2.45, 2.75) is 26.3 Å². The van der Waals surface area contributed by atoms with Gasteiger partial charge < -0.3 is 20.3 Å². The Morgan fingerprint density at radius 3 is 2.48 bits per heavy atom. The second kappa shape index (κ2) is 7.28. The summed E-state index contributed by atoms with van der Waals surface area (Å²) in [7, 11) is 0. The highest BCUT2D eigenvalue weighted by Gasteiger charge is 2.23. The molecule has 0 radical (unpaired) electrons. The monoisotopic (exact) mass is 295 g/mol. The number of carboxylic acids is 2. The number of rotatable bonds is 7. The normalized spacial score (nSPS) is 11.5. The Morgan fingerprint density at radius 1 is 1.24 bits per heavy atom. The Morgan fingerprint density at radius 2 is 1.90 bits per heavy atom. The molecule has 0 unspecified atom stereocenters. The molecule has 7 heteroatoms. The van der Waals surface area contributed by atoms with E-state index in [1.807, 2.05) is 26.0 Å². The first-order chi connectivity index (χ1) is 9.79. The van der Waals surface area contributed by atoms with E-state index in [0.717, 1.165) is 11.1 Å². The smallest absolute Gasteiger partial charge is 0.326 e. The van der Waals surface area contributed by atoms with Gasteiger partial charge in [0.05, 0.1) is 6.42 Å². The summed E-state index contributed by atoms with van der Waals surface area (Å²) in [5.74, 6) is -2.88. The molecule has 1 rings (SSSR count). The summed E-state index contributed by atoms with van der Waals surface area (Å²) < 4.78 is 5.31. The number of hydrogen-bond acceptors (Lipinski definition) is 4. The van der Waals surface area contributed by atoms with Crippen LogP contribution in [0.3, 0.4) is 0 Å². The fourth-order valence-electron chi connectivity index (χ4n) is 1.62. The lowest BCUT2D eigenvalue weighted by Crippen LogP contribution is -2.44. The predicted octanol–water partition coefficient (Wildman–Crippen LogP) is 0.726. The van der Waals surface area contributed by atoms with Crippen molar-refractivity contribution in [2.75, 3.05) is 6.61 Å². The average Bonchev–Trinajstić information content (AvgIpc) is 2.38. The summed E-state index contributed by atoms with van der Waals surface area (Å²) in [6.07, 6.45) is -0.690. The van der Waals surface area contributed by atoms with Crippen LogP contribution in [0.1, 0.15) is 17.5 Å². The van der Waals surface area contributed by atoms with Crippen molar-refractivity contribution in [3.05, 3.63) is 29.3 Å². The van der Waals surface area contributed by atoms with E-state index in [1.54, 1.807) is 6.07 Å². The Balaban J connectivity index is 2.58. The van der Waals surface area contributed by atoms with Gasteiger partial charge in [0, 0.05) is 0 Å². The minimum absolute atomic E-state index is 0.381. The summed E-state index contributed by atoms with van der Waals surface area (Å²) in [6.45, 7) is 3.31. The van der Waals surface area contributed by atoms with Gasteiger partial charge in [-0.1, -0.05) is 12.1 Å². The molecule has 0 aromatic heterocycles. The molecule has 0 heterocycles. The first-order valence-corrected chi connectivity index (χ1v) is 6.23. The molecule has 0 saturated carbocycles. The molecule has 21 heavy (non-hydrogen) atoms. The standard InChI is InChI=1S/C14H17NO6/c1-8-3-4-9(2)11(5-8)21-7-12(16)15-10(14(19)20)6-13(17)18/h3-5,10H,6-7H2,1-2H3,(H,15,16)(H,17,18)(H,19,20)/t10-/m1/s1. The van der Waals surface area contributed by atoms with E-state index in [4.69, 9.17) is 14.9 Å². The SMILES string of the molecule is Cc1ccc(C)c(OCC(=O)N[C@H](CC(=O)O)C(=O)O)c1. The highest BCUT2D eigenvalue weighted by Crippen LogP contribution is 2.18. The molecule has 1 aromatic rings. The number of carboxylic acid groups (broad SMARTS) is 2. The first-order valence-electron chi connectivity index (χ1n) is 6.23. The third-order valence-electron chi connectivity index (χ3n) is 2.71. The van der Waals surface area contributed by atoms with Crippen molar-refractivity contribution in [3.8, 4) is 5.75 Å². The van der Waals surface area contributed by atoms with E-state index in [1.165, 1.54) is 0 Å². The molecule has 7 nitrogen and oxygen atoms in total. The lowest BCUT2D eigenvalue weighted by atomic mass is 10.1. The van der Waals surface area contributed by atoms with Crippen LogP contribution in [0.15, 0.2) is 18.2 Å². The van der Waals surface area contributed by atoms with Crippen LogP contribution in [0.4, 0.5) is 0 Å². The van der Waals surface area contributed by atoms with Crippen molar-refractivity contribution in [1.29, 1.82) is 0 Å². The second-order valence-electron chi connectivity index (χ2n) is 4.61. The number of aliphatic carboxylic acids is 2. The maximum Gasteiger partial charge on any atom is 0.326 e. The van der Waals surface area contributed by atoms with Crippen LogP contribution >= 0.6 is 0 Å². The van der Waals surface area contributed by atoms with Gasteiger partial charge in [-0.05, 0) is 31.0 Å². The zero-order valence-corrected chi connectivity index (χ0v) is 11.8. The van der Waals surface area contributed by atoms with Crippen molar-refractivity contribution in [2.24, 2.45) is 0 Å². The number of aryl methyl sites for hydroxylation is 2. The van der Waals surface area contributed by atoms with Gasteiger partial charge in [0.15, 0.2) is 6.61 Å². The predicted molar refractivity (Wildman–Crippen MR) is 73.2 cm³/mol. The molecule has 1 amide bonds. The molecule has 0 saturated heterocycles. The number of ether oxygens (including phenoxy) is 1. The van der Waals surface area contributed by atoms with Gasteiger partial charge in [-0.3, -0.25) is 9.59 Å². The van der Waals surface area contributed by atoms with Crippen LogP contribution in [-0.2, 0) is 14.4 Å². The van der Waals surface area contributed by atoms with Gasteiger partial charge in [0.1, 0.15) is 11.8 Å². The Labute approximate surface area is 121 Å². The molecule has 0 aliphatic carbocycles. The maximum absolute atomic E-state index is 11.6. The molecule has 1 aromatic carbocycles. The summed E-state index contributed by atoms with van der Waals surface area (Å²) in [4.78, 5) is 33.0. The largest absolute Gasteiger partial charge is 0.483 e. The van der Waals surface area contributed by atoms with Gasteiger partial charge in [-0.2, -0.15) is 0 Å². The van der Waals surface area contributed by atoms with Crippen LogP contribution in [-0.4, -0.2) is 40.7 Å². The minimum atomic E-state index is -1.47. The highest BCUT2D eigenvalue weighted by atomic mass is 16.5. The molecule has 0 bridgehead atoms. The number of nitrogens with one attached hydrogen (secondary N) is 1. The molecular formula is C14H17NO6. The molecule has 1 atom stereocenters. The quantitative estimate of drug-likeness (QED) is 0.683. The Kier molecular flexibility index (Phi) is 5.71. The molecule has 3 N–H and O–H groups in total. The molecule has 0 spiro atoms. The summed E-state index contributed by atoms with van der Waals surface area (Å²) in [5.41, 5.74) is 1.80. The second-order valence-corrected chi connectivity index (χ2v) is 4.61. The van der Waals surface area contributed by atoms with Gasteiger partial charge in [0.25, 0.3) is 5.91 Å². The topological polar surface area (TPSA) is 113 Å². The van der Waals surface area contributed by atoms with Gasteiger partial charge in [0.2, 0.25) is 0 Å². The van der Waals surface area contributed by atoms with E-state index in [-0.39, 0.29) is 6.61 Å². The van der Waals surface area contributed by atoms with Crippen molar-refractivity contribution in [1.82, 2.24) is 5.32 Å². The van der Waals surface area contributed by atoms with Gasteiger partial charge in [-0.15, -0.1) is 0 Å². The van der Waals surface area contributed by atoms with Crippen LogP contribution in [0, 0.1) is 13.8 Å². The minimum Gasteiger partial charge on any atom is -0.483 e. The maximum atomic E-state index is 11.6. The molecule has 114 valence electrons. The summed E-state index contributed by atoms with van der Waals surface area (Å²) >= 11 is 0. The molecule has 0 aliphatic rings. The summed E-state index contributed by atoms with van der Waals surface area (Å²) in [6, 6.07) is 4.02. The van der Waals surface area contributed by atoms with Crippen molar-refractivity contribution < 1.29 is 29.3 Å². The van der Waals surface area contributed by atoms with E-state index >= 15 is 0 Å². The number of hydrogen-bond donors (Lipinski definition) is 3. The van der Waals surface area contributed by atoms with Gasteiger partial charge in [-0.25, -0.2) is 4.79 Å². The Hall–Kier alpha value is -2.57. The fourth-order valence-corrected chi connectivity index (χ4v) is 1.62. The molecular weight excluding hydrogens is 278 g/mol. The van der Waals surface area contributed by atoms with Crippen LogP contribution in [0.25, 0.3) is 0 Å². The van der Waals surface area contributed by atoms with Crippen molar-refractivity contribution in [3.63, 3.8) is 0 Å². The molecule has 0 fully saturated rings. The van der Waals surface area contributed by atoms with E-state index in [2.05, 4.69) is 5.32 Å². The molecule has 0 aliphatic heterocycles. The lowest BCUT2D eigenvalue weighted by Gasteiger charge is -2.14. The number of carbonyl (C=O) groups is 3. The number of benzene rings is 1. The zero-order chi connectivity index (χ0) is 16.0. The third-order valence-corrected chi connectivity index (χ3v) is 2.71. The van der Waals surface area contributed by atoms with Crippen LogP contribution in [0.5, 0.6) is 5.75 Å². The highest BCUT2D eigenvalue weighted by molar-refractivity contribution is 5.87. The summed E-state index contributed by atoms with van der Waals surface area (Å²) in [5, 5.41) is 19.5. The van der Waals surface area contributed by atoms with E-state index in [9.17, 15) is 14.4 Å². The fraction of sp³-hybridized carbons (Fsp3) is 0.357. The van der Waals surface area contributed by atoms with Gasteiger partial charge >= 0.3 is 11.9 Å². The Bertz CT molecular complexity index is 554. The number of amides is 1. The van der Waals surface area contributed by atoms with E-state index in [0.29, 0.717) is 5.75 Å². The van der Waals surface area contributed by atoms with Crippen molar-refractivity contribution >= 4 is 17.8 Å². The van der Waals surface area contributed by atoms with E-state index < -0.39 is 30.3 Å². The number of carbonyl (C=O) groups excluding carboxylic acids is 1. The van der Waals surface area contributed by atoms with Crippen LogP contribution < -0.4 is 10.1 Å². The lowest BCUT2D eigenvalue weighted by molar-refractivity contribution is -0.147. The first kappa shape index (κ1) is 16.5. The van der Waals surface area contributed by atoms with Crippen LogP contribution in [0.2, 0.25) is 0 Å². The third kappa shape index (κ3) is 5.52. The zero-order valence-electron chi connectivity index (χ0n) is 11.8.